The molecule has 5 nitrogen and oxygen atoms in total. The van der Waals surface area contributed by atoms with Gasteiger partial charge < -0.3 is 0 Å². The molecule has 2 rings (SSSR count). The van der Waals surface area contributed by atoms with Crippen molar-refractivity contribution in [2.75, 3.05) is 5.75 Å². The first-order valence-corrected chi connectivity index (χ1v) is 7.79. The molecule has 0 aliphatic heterocycles. The molecule has 6 heteroatoms. The fraction of sp³-hybridized carbons (Fsp3) is 0.467. The minimum Gasteiger partial charge on any atom is -0.298 e. The number of carbonyl (C=O) groups is 1. The van der Waals surface area contributed by atoms with Crippen LogP contribution in [0.5, 0.6) is 0 Å². The van der Waals surface area contributed by atoms with Crippen molar-refractivity contribution in [3.63, 3.8) is 0 Å². The van der Waals surface area contributed by atoms with Crippen LogP contribution in [0.4, 0.5) is 0 Å². The number of rotatable bonds is 4. The number of thioether (sulfide) groups is 1. The summed E-state index contributed by atoms with van der Waals surface area (Å²) in [6, 6.07) is 6.11. The second-order valence-electron chi connectivity index (χ2n) is 6.13. The maximum atomic E-state index is 12.0. The smallest absolute Gasteiger partial charge is 0.214 e. The number of Topliss-reactive ketones (excluding diaryl/α,β-unsaturated/α-hetero) is 1. The van der Waals surface area contributed by atoms with Crippen LogP contribution in [0.15, 0.2) is 23.4 Å². The van der Waals surface area contributed by atoms with Gasteiger partial charge in [-0.05, 0) is 35.9 Å². The van der Waals surface area contributed by atoms with E-state index < -0.39 is 0 Å². The monoisotopic (exact) mass is 304 g/mol. The van der Waals surface area contributed by atoms with Gasteiger partial charge in [-0.2, -0.15) is 4.68 Å². The van der Waals surface area contributed by atoms with Gasteiger partial charge in [0, 0.05) is 5.41 Å². The zero-order valence-corrected chi connectivity index (χ0v) is 13.9. The predicted molar refractivity (Wildman–Crippen MR) is 83.8 cm³/mol. The molecule has 0 N–H and O–H groups in total. The van der Waals surface area contributed by atoms with Gasteiger partial charge in [0.1, 0.15) is 5.78 Å². The molecular formula is C15H20N4OS. The average Bonchev–Trinajstić information content (AvgIpc) is 2.83. The van der Waals surface area contributed by atoms with Crippen molar-refractivity contribution in [2.24, 2.45) is 5.41 Å². The molecule has 1 aromatic heterocycles. The maximum Gasteiger partial charge on any atom is 0.214 e. The lowest BCUT2D eigenvalue weighted by Gasteiger charge is -2.15. The van der Waals surface area contributed by atoms with E-state index in [9.17, 15) is 4.79 Å². The molecule has 21 heavy (non-hydrogen) atoms. The summed E-state index contributed by atoms with van der Waals surface area (Å²) in [5.74, 6) is 0.553. The number of hydrogen-bond donors (Lipinski definition) is 0. The highest BCUT2D eigenvalue weighted by Crippen LogP contribution is 2.24. The number of nitrogens with zero attached hydrogens (tertiary/aromatic N) is 4. The molecule has 0 fully saturated rings. The standard InChI is InChI=1S/C15H20N4OS/c1-10-6-7-12(11(2)8-10)19-14(16-17-18-19)21-9-13(20)15(3,4)5/h6-8H,9H2,1-5H3. The molecule has 1 heterocycles. The van der Waals surface area contributed by atoms with E-state index in [1.807, 2.05) is 46.8 Å². The Bertz CT molecular complexity index is 658. The molecule has 0 saturated heterocycles. The van der Waals surface area contributed by atoms with Crippen molar-refractivity contribution in [1.82, 2.24) is 20.2 Å². The Morgan fingerprint density at radius 1 is 1.29 bits per heavy atom. The second kappa shape index (κ2) is 5.97. The largest absolute Gasteiger partial charge is 0.298 e. The summed E-state index contributed by atoms with van der Waals surface area (Å²) >= 11 is 1.37. The summed E-state index contributed by atoms with van der Waals surface area (Å²) in [5, 5.41) is 12.4. The highest BCUT2D eigenvalue weighted by Gasteiger charge is 2.22. The van der Waals surface area contributed by atoms with Crippen LogP contribution in [0.25, 0.3) is 5.69 Å². The zero-order chi connectivity index (χ0) is 15.6. The normalized spacial score (nSPS) is 11.7. The highest BCUT2D eigenvalue weighted by molar-refractivity contribution is 7.99. The van der Waals surface area contributed by atoms with Gasteiger partial charge in [-0.25, -0.2) is 0 Å². The summed E-state index contributed by atoms with van der Waals surface area (Å²) in [7, 11) is 0. The number of ketones is 1. The lowest BCUT2D eigenvalue weighted by molar-refractivity contribution is -0.123. The molecular weight excluding hydrogens is 284 g/mol. The second-order valence-corrected chi connectivity index (χ2v) is 7.07. The maximum absolute atomic E-state index is 12.0. The number of aromatic nitrogens is 4. The summed E-state index contributed by atoms with van der Waals surface area (Å²) < 4.78 is 1.69. The number of aryl methyl sites for hydroxylation is 2. The SMILES string of the molecule is Cc1ccc(-n2nnnc2SCC(=O)C(C)(C)C)c(C)c1. The molecule has 0 saturated carbocycles. The van der Waals surface area contributed by atoms with E-state index in [1.54, 1.807) is 4.68 Å². The van der Waals surface area contributed by atoms with Crippen molar-refractivity contribution in [3.8, 4) is 5.69 Å². The molecule has 0 aliphatic rings. The van der Waals surface area contributed by atoms with Crippen LogP contribution in [0.1, 0.15) is 31.9 Å². The molecule has 0 amide bonds. The van der Waals surface area contributed by atoms with Crippen molar-refractivity contribution in [3.05, 3.63) is 29.3 Å². The Balaban J connectivity index is 2.21. The van der Waals surface area contributed by atoms with Gasteiger partial charge >= 0.3 is 0 Å². The minimum atomic E-state index is -0.342. The fourth-order valence-corrected chi connectivity index (χ4v) is 2.85. The quantitative estimate of drug-likeness (QED) is 0.813. The van der Waals surface area contributed by atoms with E-state index in [0.29, 0.717) is 10.9 Å². The van der Waals surface area contributed by atoms with E-state index in [1.165, 1.54) is 17.3 Å². The first-order chi connectivity index (χ1) is 9.79. The van der Waals surface area contributed by atoms with Gasteiger partial charge in [0.05, 0.1) is 11.4 Å². The van der Waals surface area contributed by atoms with Crippen LogP contribution in [-0.2, 0) is 4.79 Å². The van der Waals surface area contributed by atoms with Gasteiger partial charge in [0.15, 0.2) is 0 Å². The fourth-order valence-electron chi connectivity index (χ4n) is 1.81. The third kappa shape index (κ3) is 3.69. The van der Waals surface area contributed by atoms with E-state index in [4.69, 9.17) is 0 Å². The van der Waals surface area contributed by atoms with Crippen molar-refractivity contribution in [1.29, 1.82) is 0 Å². The first-order valence-electron chi connectivity index (χ1n) is 6.81. The highest BCUT2D eigenvalue weighted by atomic mass is 32.2. The van der Waals surface area contributed by atoms with Gasteiger partial charge in [0.25, 0.3) is 0 Å². The van der Waals surface area contributed by atoms with Crippen LogP contribution in [0.2, 0.25) is 0 Å². The average molecular weight is 304 g/mol. The van der Waals surface area contributed by atoms with Crippen LogP contribution in [0.3, 0.4) is 0 Å². The first kappa shape index (κ1) is 15.7. The Morgan fingerprint density at radius 3 is 2.62 bits per heavy atom. The van der Waals surface area contributed by atoms with Gasteiger partial charge in [-0.15, -0.1) is 5.10 Å². The lowest BCUT2D eigenvalue weighted by Crippen LogP contribution is -2.22. The summed E-state index contributed by atoms with van der Waals surface area (Å²) in [6.45, 7) is 9.84. The Labute approximate surface area is 129 Å². The predicted octanol–water partition coefficient (Wildman–Crippen LogP) is 2.99. The third-order valence-corrected chi connectivity index (χ3v) is 4.11. The molecule has 0 atom stereocenters. The van der Waals surface area contributed by atoms with E-state index in [0.717, 1.165) is 11.3 Å². The minimum absolute atomic E-state index is 0.183. The van der Waals surface area contributed by atoms with Crippen LogP contribution < -0.4 is 0 Å². The van der Waals surface area contributed by atoms with E-state index in [-0.39, 0.29) is 11.2 Å². The van der Waals surface area contributed by atoms with Gasteiger partial charge in [-0.1, -0.05) is 50.2 Å². The van der Waals surface area contributed by atoms with Crippen LogP contribution in [0, 0.1) is 19.3 Å². The summed E-state index contributed by atoms with van der Waals surface area (Å²) in [5.41, 5.74) is 2.90. The number of carbonyl (C=O) groups excluding carboxylic acids is 1. The molecule has 0 aliphatic carbocycles. The van der Waals surface area contributed by atoms with E-state index in [2.05, 4.69) is 21.6 Å². The Kier molecular flexibility index (Phi) is 4.46. The Hall–Kier alpha value is -1.69. The number of tetrazole rings is 1. The van der Waals surface area contributed by atoms with Crippen LogP contribution in [-0.4, -0.2) is 31.7 Å². The molecule has 0 bridgehead atoms. The molecule has 1 aromatic carbocycles. The zero-order valence-electron chi connectivity index (χ0n) is 13.0. The molecule has 0 radical (unpaired) electrons. The van der Waals surface area contributed by atoms with Crippen molar-refractivity contribution >= 4 is 17.5 Å². The summed E-state index contributed by atoms with van der Waals surface area (Å²) in [6.07, 6.45) is 0. The molecule has 0 unspecified atom stereocenters. The van der Waals surface area contributed by atoms with Crippen molar-refractivity contribution in [2.45, 2.75) is 39.8 Å². The molecule has 2 aromatic rings. The number of benzene rings is 1. The van der Waals surface area contributed by atoms with Crippen LogP contribution >= 0.6 is 11.8 Å². The Morgan fingerprint density at radius 2 is 2.00 bits per heavy atom. The molecule has 0 spiro atoms. The van der Waals surface area contributed by atoms with Gasteiger partial charge in [0.2, 0.25) is 5.16 Å². The lowest BCUT2D eigenvalue weighted by atomic mass is 9.92. The number of hydrogen-bond acceptors (Lipinski definition) is 5. The van der Waals surface area contributed by atoms with E-state index >= 15 is 0 Å². The molecule has 112 valence electrons. The third-order valence-electron chi connectivity index (χ3n) is 3.19. The summed E-state index contributed by atoms with van der Waals surface area (Å²) in [4.78, 5) is 12.0. The van der Waals surface area contributed by atoms with Gasteiger partial charge in [-0.3, -0.25) is 4.79 Å². The topological polar surface area (TPSA) is 60.7 Å². The van der Waals surface area contributed by atoms with Crippen molar-refractivity contribution < 1.29 is 4.79 Å².